The quantitative estimate of drug-likeness (QED) is 0.781. The van der Waals surface area contributed by atoms with E-state index < -0.39 is 0 Å². The molecule has 1 fully saturated rings. The van der Waals surface area contributed by atoms with E-state index in [1.165, 1.54) is 5.56 Å². The molecule has 6 nitrogen and oxygen atoms in total. The molecule has 0 saturated carbocycles. The van der Waals surface area contributed by atoms with Crippen molar-refractivity contribution in [3.63, 3.8) is 0 Å². The molecule has 1 aliphatic heterocycles. The molecule has 2 atom stereocenters. The molecule has 130 valence electrons. The first-order chi connectivity index (χ1) is 12.1. The SMILES string of the molecule is Cc1noc([C@H]2OCC[C@H]2CNc2c(C)c(C)nc3ccccc23)n1. The number of para-hydroxylation sites is 1. The van der Waals surface area contributed by atoms with Crippen molar-refractivity contribution in [2.45, 2.75) is 33.3 Å². The molecule has 0 bridgehead atoms. The van der Waals surface area contributed by atoms with Crippen molar-refractivity contribution in [3.05, 3.63) is 47.2 Å². The van der Waals surface area contributed by atoms with Crippen LogP contribution in [-0.4, -0.2) is 28.3 Å². The minimum Gasteiger partial charge on any atom is -0.384 e. The standard InChI is InChI=1S/C19H22N4O2/c1-11-12(2)21-16-7-5-4-6-15(16)17(11)20-10-14-8-9-24-18(14)19-22-13(3)23-25-19/h4-7,14,18H,8-10H2,1-3H3,(H,20,21)/t14-,18-/m0/s1. The summed E-state index contributed by atoms with van der Waals surface area (Å²) in [6, 6.07) is 8.23. The number of ether oxygens (including phenoxy) is 1. The van der Waals surface area contributed by atoms with Crippen molar-refractivity contribution in [1.29, 1.82) is 0 Å². The molecule has 2 aromatic heterocycles. The minimum atomic E-state index is -0.136. The zero-order valence-electron chi connectivity index (χ0n) is 14.7. The smallest absolute Gasteiger partial charge is 0.256 e. The summed E-state index contributed by atoms with van der Waals surface area (Å²) >= 11 is 0. The van der Waals surface area contributed by atoms with E-state index in [0.717, 1.165) is 35.2 Å². The van der Waals surface area contributed by atoms with Crippen LogP contribution >= 0.6 is 0 Å². The number of aromatic nitrogens is 3. The summed E-state index contributed by atoms with van der Waals surface area (Å²) in [7, 11) is 0. The van der Waals surface area contributed by atoms with Gasteiger partial charge in [0.25, 0.3) is 5.89 Å². The molecule has 0 spiro atoms. The number of benzene rings is 1. The number of anilines is 1. The van der Waals surface area contributed by atoms with Crippen molar-refractivity contribution in [2.24, 2.45) is 5.92 Å². The van der Waals surface area contributed by atoms with E-state index in [4.69, 9.17) is 9.26 Å². The second kappa shape index (κ2) is 6.44. The van der Waals surface area contributed by atoms with Crippen molar-refractivity contribution in [1.82, 2.24) is 15.1 Å². The Hall–Kier alpha value is -2.47. The molecule has 0 amide bonds. The van der Waals surface area contributed by atoms with Crippen LogP contribution in [0, 0.1) is 26.7 Å². The second-order valence-electron chi connectivity index (χ2n) is 6.62. The molecule has 25 heavy (non-hydrogen) atoms. The average molecular weight is 338 g/mol. The number of nitrogens with zero attached hydrogens (tertiary/aromatic N) is 3. The number of hydrogen-bond donors (Lipinski definition) is 1. The van der Waals surface area contributed by atoms with E-state index in [0.29, 0.717) is 24.2 Å². The van der Waals surface area contributed by atoms with Gasteiger partial charge in [-0.1, -0.05) is 23.4 Å². The van der Waals surface area contributed by atoms with E-state index in [9.17, 15) is 0 Å². The third kappa shape index (κ3) is 2.98. The van der Waals surface area contributed by atoms with Crippen molar-refractivity contribution < 1.29 is 9.26 Å². The summed E-state index contributed by atoms with van der Waals surface area (Å²) in [6.45, 7) is 7.50. The van der Waals surface area contributed by atoms with Crippen molar-refractivity contribution in [2.75, 3.05) is 18.5 Å². The number of rotatable bonds is 4. The summed E-state index contributed by atoms with van der Waals surface area (Å²) < 4.78 is 11.2. The Kier molecular flexibility index (Phi) is 4.13. The maximum absolute atomic E-state index is 5.85. The molecule has 1 saturated heterocycles. The second-order valence-corrected chi connectivity index (χ2v) is 6.62. The van der Waals surface area contributed by atoms with Crippen LogP contribution in [0.15, 0.2) is 28.8 Å². The fraction of sp³-hybridized carbons (Fsp3) is 0.421. The Labute approximate surface area is 146 Å². The van der Waals surface area contributed by atoms with Gasteiger partial charge in [-0.05, 0) is 38.8 Å². The van der Waals surface area contributed by atoms with Crippen LogP contribution in [0.1, 0.15) is 35.5 Å². The van der Waals surface area contributed by atoms with Gasteiger partial charge in [-0.15, -0.1) is 0 Å². The van der Waals surface area contributed by atoms with Gasteiger partial charge in [-0.25, -0.2) is 0 Å². The number of aryl methyl sites for hydroxylation is 2. The first-order valence-electron chi connectivity index (χ1n) is 8.65. The zero-order chi connectivity index (χ0) is 17.4. The fourth-order valence-corrected chi connectivity index (χ4v) is 3.44. The highest BCUT2D eigenvalue weighted by atomic mass is 16.5. The summed E-state index contributed by atoms with van der Waals surface area (Å²) in [5.74, 6) is 1.52. The number of hydrogen-bond acceptors (Lipinski definition) is 6. The monoisotopic (exact) mass is 338 g/mol. The lowest BCUT2D eigenvalue weighted by atomic mass is 10.0. The Bertz CT molecular complexity index is 906. The first-order valence-corrected chi connectivity index (χ1v) is 8.65. The Morgan fingerprint density at radius 2 is 2.00 bits per heavy atom. The van der Waals surface area contributed by atoms with E-state index in [2.05, 4.69) is 46.4 Å². The van der Waals surface area contributed by atoms with E-state index in [-0.39, 0.29) is 6.10 Å². The van der Waals surface area contributed by atoms with Crippen LogP contribution in [0.5, 0.6) is 0 Å². The van der Waals surface area contributed by atoms with Gasteiger partial charge >= 0.3 is 0 Å². The van der Waals surface area contributed by atoms with Gasteiger partial charge in [0.2, 0.25) is 0 Å². The predicted molar refractivity (Wildman–Crippen MR) is 95.5 cm³/mol. The molecule has 3 aromatic rings. The Morgan fingerprint density at radius 1 is 1.16 bits per heavy atom. The average Bonchev–Trinajstić information content (AvgIpc) is 3.24. The fourth-order valence-electron chi connectivity index (χ4n) is 3.44. The van der Waals surface area contributed by atoms with E-state index >= 15 is 0 Å². The van der Waals surface area contributed by atoms with Crippen LogP contribution in [0.4, 0.5) is 5.69 Å². The summed E-state index contributed by atoms with van der Waals surface area (Å²) in [6.07, 6.45) is 0.836. The minimum absolute atomic E-state index is 0.136. The van der Waals surface area contributed by atoms with E-state index in [1.54, 1.807) is 0 Å². The van der Waals surface area contributed by atoms with Crippen LogP contribution < -0.4 is 5.32 Å². The molecular formula is C19H22N4O2. The summed E-state index contributed by atoms with van der Waals surface area (Å²) in [4.78, 5) is 9.02. The highest BCUT2D eigenvalue weighted by Gasteiger charge is 2.34. The third-order valence-electron chi connectivity index (χ3n) is 4.92. The van der Waals surface area contributed by atoms with Gasteiger partial charge in [0.1, 0.15) is 6.10 Å². The summed E-state index contributed by atoms with van der Waals surface area (Å²) in [5.41, 5.74) is 4.39. The molecule has 4 rings (SSSR count). The number of pyridine rings is 1. The van der Waals surface area contributed by atoms with Crippen molar-refractivity contribution in [3.8, 4) is 0 Å². The summed E-state index contributed by atoms with van der Waals surface area (Å²) in [5, 5.41) is 8.67. The highest BCUT2D eigenvalue weighted by Crippen LogP contribution is 2.35. The number of nitrogens with one attached hydrogen (secondary N) is 1. The maximum Gasteiger partial charge on any atom is 0.256 e. The normalized spacial score (nSPS) is 20.3. The van der Waals surface area contributed by atoms with Gasteiger partial charge in [-0.3, -0.25) is 4.98 Å². The lowest BCUT2D eigenvalue weighted by molar-refractivity contribution is 0.0650. The maximum atomic E-state index is 5.85. The van der Waals surface area contributed by atoms with Crippen LogP contribution in [0.3, 0.4) is 0 Å². The van der Waals surface area contributed by atoms with Crippen LogP contribution in [0.25, 0.3) is 10.9 Å². The lowest BCUT2D eigenvalue weighted by Gasteiger charge is -2.19. The third-order valence-corrected chi connectivity index (χ3v) is 4.92. The highest BCUT2D eigenvalue weighted by molar-refractivity contribution is 5.93. The predicted octanol–water partition coefficient (Wildman–Crippen LogP) is 3.73. The zero-order valence-corrected chi connectivity index (χ0v) is 14.7. The van der Waals surface area contributed by atoms with Crippen LogP contribution in [0.2, 0.25) is 0 Å². The molecule has 1 aromatic carbocycles. The molecule has 0 aliphatic carbocycles. The first kappa shape index (κ1) is 16.0. The molecule has 6 heteroatoms. The van der Waals surface area contributed by atoms with E-state index in [1.807, 2.05) is 19.1 Å². The molecule has 1 aliphatic rings. The van der Waals surface area contributed by atoms with Gasteiger partial charge in [0, 0.05) is 35.8 Å². The number of fused-ring (bicyclic) bond motifs is 1. The molecule has 3 heterocycles. The van der Waals surface area contributed by atoms with Crippen LogP contribution in [-0.2, 0) is 4.74 Å². The Morgan fingerprint density at radius 3 is 2.80 bits per heavy atom. The molecule has 0 radical (unpaired) electrons. The van der Waals surface area contributed by atoms with Gasteiger partial charge in [0.15, 0.2) is 5.82 Å². The molecule has 1 N–H and O–H groups in total. The van der Waals surface area contributed by atoms with Gasteiger partial charge in [-0.2, -0.15) is 4.98 Å². The largest absolute Gasteiger partial charge is 0.384 e. The molecular weight excluding hydrogens is 316 g/mol. The lowest BCUT2D eigenvalue weighted by Crippen LogP contribution is -2.19. The van der Waals surface area contributed by atoms with Gasteiger partial charge < -0.3 is 14.6 Å². The Balaban J connectivity index is 1.59. The molecule has 0 unspecified atom stereocenters. The van der Waals surface area contributed by atoms with Gasteiger partial charge in [0.05, 0.1) is 5.52 Å². The topological polar surface area (TPSA) is 73.1 Å². The van der Waals surface area contributed by atoms with Crippen molar-refractivity contribution >= 4 is 16.6 Å².